The molecular weight excluding hydrogens is 302 g/mol. The zero-order valence-corrected chi connectivity index (χ0v) is 14.2. The molecule has 1 saturated carbocycles. The topological polar surface area (TPSA) is 59.2 Å². The average Bonchev–Trinajstić information content (AvgIpc) is 3.17. The summed E-state index contributed by atoms with van der Waals surface area (Å²) in [5, 5.41) is 3.81. The monoisotopic (exact) mass is 325 g/mol. The lowest BCUT2D eigenvalue weighted by Crippen LogP contribution is -2.42. The first-order chi connectivity index (χ1) is 11.6. The summed E-state index contributed by atoms with van der Waals surface area (Å²) >= 11 is 0. The van der Waals surface area contributed by atoms with Gasteiger partial charge in [0.15, 0.2) is 5.82 Å². The second kappa shape index (κ2) is 6.04. The summed E-state index contributed by atoms with van der Waals surface area (Å²) in [7, 11) is 0. The molecule has 2 fully saturated rings. The number of likely N-dealkylation sites (tertiary alicyclic amines) is 1. The van der Waals surface area contributed by atoms with Crippen molar-refractivity contribution in [3.8, 4) is 11.5 Å². The Morgan fingerprint density at radius 2 is 1.96 bits per heavy atom. The Labute approximate surface area is 142 Å². The Kier molecular flexibility index (Phi) is 3.87. The molecule has 24 heavy (non-hydrogen) atoms. The van der Waals surface area contributed by atoms with Gasteiger partial charge < -0.3 is 9.42 Å². The van der Waals surface area contributed by atoms with Gasteiger partial charge >= 0.3 is 0 Å². The highest BCUT2D eigenvalue weighted by atomic mass is 16.5. The van der Waals surface area contributed by atoms with E-state index in [0.717, 1.165) is 24.0 Å². The average molecular weight is 325 g/mol. The fraction of sp³-hybridized carbons (Fsp3) is 0.526. The minimum absolute atomic E-state index is 0.158. The Morgan fingerprint density at radius 1 is 1.21 bits per heavy atom. The second-order valence-electron chi connectivity index (χ2n) is 7.13. The summed E-state index contributed by atoms with van der Waals surface area (Å²) in [5.74, 6) is 1.95. The molecule has 2 heterocycles. The van der Waals surface area contributed by atoms with E-state index in [1.165, 1.54) is 19.3 Å². The highest BCUT2D eigenvalue weighted by molar-refractivity contribution is 5.95. The number of nitrogens with zero attached hydrogens (tertiary/aromatic N) is 3. The molecular formula is C19H23N3O2. The van der Waals surface area contributed by atoms with Gasteiger partial charge in [-0.05, 0) is 63.3 Å². The van der Waals surface area contributed by atoms with E-state index in [4.69, 9.17) is 4.52 Å². The molecule has 1 aliphatic carbocycles. The molecule has 3 atom stereocenters. The van der Waals surface area contributed by atoms with Gasteiger partial charge in [0, 0.05) is 23.2 Å². The van der Waals surface area contributed by atoms with Crippen LogP contribution in [-0.2, 0) is 0 Å². The maximum atomic E-state index is 13.0. The van der Waals surface area contributed by atoms with Gasteiger partial charge in [0.2, 0.25) is 0 Å². The summed E-state index contributed by atoms with van der Waals surface area (Å²) in [4.78, 5) is 19.4. The summed E-state index contributed by atoms with van der Waals surface area (Å²) in [6.07, 6.45) is 6.13. The first-order valence-corrected chi connectivity index (χ1v) is 8.87. The molecule has 0 N–H and O–H groups in total. The fourth-order valence-electron chi connectivity index (χ4n) is 4.38. The molecule has 1 saturated heterocycles. The zero-order valence-electron chi connectivity index (χ0n) is 14.2. The number of carbonyl (C=O) groups is 1. The number of hydrogen-bond acceptors (Lipinski definition) is 4. The van der Waals surface area contributed by atoms with Crippen molar-refractivity contribution in [2.45, 2.75) is 58.0 Å². The highest BCUT2D eigenvalue weighted by Gasteiger charge is 2.42. The number of fused-ring (bicyclic) bond motifs is 1. The smallest absolute Gasteiger partial charge is 0.257 e. The first kappa shape index (κ1) is 15.4. The van der Waals surface area contributed by atoms with Crippen molar-refractivity contribution in [2.75, 3.05) is 0 Å². The number of amides is 1. The van der Waals surface area contributed by atoms with Gasteiger partial charge in [-0.25, -0.2) is 0 Å². The number of benzene rings is 1. The van der Waals surface area contributed by atoms with E-state index in [0.29, 0.717) is 29.7 Å². The van der Waals surface area contributed by atoms with Crippen LogP contribution >= 0.6 is 0 Å². The van der Waals surface area contributed by atoms with Gasteiger partial charge in [-0.2, -0.15) is 4.98 Å². The molecule has 5 heteroatoms. The van der Waals surface area contributed by atoms with Crippen LogP contribution in [0.15, 0.2) is 28.8 Å². The van der Waals surface area contributed by atoms with Crippen molar-refractivity contribution in [1.82, 2.24) is 15.0 Å². The SMILES string of the molecule is Cc1noc(-c2ccc(C(=O)N3C(C)CC4CCCCC43)cc2)n1. The van der Waals surface area contributed by atoms with Gasteiger partial charge in [0.25, 0.3) is 11.8 Å². The third-order valence-electron chi connectivity index (χ3n) is 5.49. The molecule has 0 spiro atoms. The van der Waals surface area contributed by atoms with Crippen molar-refractivity contribution in [3.63, 3.8) is 0 Å². The van der Waals surface area contributed by atoms with Crippen molar-refractivity contribution in [1.29, 1.82) is 0 Å². The number of rotatable bonds is 2. The van der Waals surface area contributed by atoms with E-state index >= 15 is 0 Å². The Bertz CT molecular complexity index is 737. The van der Waals surface area contributed by atoms with Gasteiger partial charge in [0.05, 0.1) is 0 Å². The van der Waals surface area contributed by atoms with E-state index in [1.54, 1.807) is 6.92 Å². The third kappa shape index (κ3) is 2.62. The molecule has 0 radical (unpaired) electrons. The van der Waals surface area contributed by atoms with Crippen LogP contribution in [0.5, 0.6) is 0 Å². The molecule has 1 amide bonds. The molecule has 2 aromatic rings. The molecule has 5 nitrogen and oxygen atoms in total. The molecule has 0 bridgehead atoms. The van der Waals surface area contributed by atoms with E-state index < -0.39 is 0 Å². The number of aryl methyl sites for hydroxylation is 1. The van der Waals surface area contributed by atoms with Gasteiger partial charge in [-0.1, -0.05) is 18.0 Å². The lowest BCUT2D eigenvalue weighted by atomic mass is 9.85. The largest absolute Gasteiger partial charge is 0.334 e. The molecule has 1 aliphatic heterocycles. The Morgan fingerprint density at radius 3 is 2.67 bits per heavy atom. The quantitative estimate of drug-likeness (QED) is 0.842. The number of hydrogen-bond donors (Lipinski definition) is 0. The first-order valence-electron chi connectivity index (χ1n) is 8.87. The fourth-order valence-corrected chi connectivity index (χ4v) is 4.38. The summed E-state index contributed by atoms with van der Waals surface area (Å²) < 4.78 is 5.18. The van der Waals surface area contributed by atoms with E-state index in [1.807, 2.05) is 24.3 Å². The lowest BCUT2D eigenvalue weighted by molar-refractivity contribution is 0.0633. The highest BCUT2D eigenvalue weighted by Crippen LogP contribution is 2.40. The van der Waals surface area contributed by atoms with E-state index in [9.17, 15) is 4.79 Å². The van der Waals surface area contributed by atoms with Crippen molar-refractivity contribution >= 4 is 5.91 Å². The molecule has 2 aliphatic rings. The van der Waals surface area contributed by atoms with Crippen molar-refractivity contribution in [3.05, 3.63) is 35.7 Å². The van der Waals surface area contributed by atoms with Crippen LogP contribution in [0.3, 0.4) is 0 Å². The minimum atomic E-state index is 0.158. The summed E-state index contributed by atoms with van der Waals surface area (Å²) in [6, 6.07) is 8.29. The Balaban J connectivity index is 1.56. The molecule has 4 rings (SSSR count). The van der Waals surface area contributed by atoms with Crippen LogP contribution in [0.25, 0.3) is 11.5 Å². The standard InChI is InChI=1S/C19H23N3O2/c1-12-11-16-5-3-4-6-17(16)22(12)19(23)15-9-7-14(8-10-15)18-20-13(2)21-24-18/h7-10,12,16-17H,3-6,11H2,1-2H3. The van der Waals surface area contributed by atoms with Crippen LogP contribution in [0, 0.1) is 12.8 Å². The predicted octanol–water partition coefficient (Wildman–Crippen LogP) is 3.84. The minimum Gasteiger partial charge on any atom is -0.334 e. The van der Waals surface area contributed by atoms with Crippen LogP contribution in [-0.4, -0.2) is 33.0 Å². The predicted molar refractivity (Wildman–Crippen MR) is 90.5 cm³/mol. The Hall–Kier alpha value is -2.17. The van der Waals surface area contributed by atoms with E-state index in [2.05, 4.69) is 22.0 Å². The van der Waals surface area contributed by atoms with Gasteiger partial charge in [-0.15, -0.1) is 0 Å². The third-order valence-corrected chi connectivity index (χ3v) is 5.49. The number of carbonyl (C=O) groups excluding carboxylic acids is 1. The van der Waals surface area contributed by atoms with E-state index in [-0.39, 0.29) is 5.91 Å². The maximum Gasteiger partial charge on any atom is 0.257 e. The normalized spacial score (nSPS) is 26.4. The maximum absolute atomic E-state index is 13.0. The number of aromatic nitrogens is 2. The molecule has 126 valence electrons. The van der Waals surface area contributed by atoms with Crippen LogP contribution in [0.1, 0.15) is 55.2 Å². The summed E-state index contributed by atoms with van der Waals surface area (Å²) in [6.45, 7) is 3.98. The molecule has 1 aromatic heterocycles. The van der Waals surface area contributed by atoms with Crippen LogP contribution in [0.2, 0.25) is 0 Å². The van der Waals surface area contributed by atoms with Crippen molar-refractivity contribution < 1.29 is 9.32 Å². The van der Waals surface area contributed by atoms with Gasteiger partial charge in [0.1, 0.15) is 0 Å². The van der Waals surface area contributed by atoms with Gasteiger partial charge in [-0.3, -0.25) is 4.79 Å². The zero-order chi connectivity index (χ0) is 16.7. The molecule has 1 aromatic carbocycles. The molecule has 3 unspecified atom stereocenters. The van der Waals surface area contributed by atoms with Crippen LogP contribution in [0.4, 0.5) is 0 Å². The lowest BCUT2D eigenvalue weighted by Gasteiger charge is -2.33. The summed E-state index contributed by atoms with van der Waals surface area (Å²) in [5.41, 5.74) is 1.59. The van der Waals surface area contributed by atoms with Crippen LogP contribution < -0.4 is 0 Å². The van der Waals surface area contributed by atoms with Crippen molar-refractivity contribution in [2.24, 2.45) is 5.92 Å². The second-order valence-corrected chi connectivity index (χ2v) is 7.13.